The summed E-state index contributed by atoms with van der Waals surface area (Å²) in [7, 11) is 1.37. The van der Waals surface area contributed by atoms with E-state index in [-0.39, 0.29) is 12.5 Å². The van der Waals surface area contributed by atoms with Crippen molar-refractivity contribution in [2.45, 2.75) is 0 Å². The molecule has 0 atom stereocenters. The van der Waals surface area contributed by atoms with E-state index in [1.807, 2.05) is 30.5 Å². The van der Waals surface area contributed by atoms with Gasteiger partial charge in [0.05, 0.1) is 12.8 Å². The fourth-order valence-corrected chi connectivity index (χ4v) is 1.46. The minimum atomic E-state index is -0.278. The Hall–Kier alpha value is -1.97. The fourth-order valence-electron chi connectivity index (χ4n) is 1.46. The molecular formula is C11H12N2O2. The monoisotopic (exact) mass is 204 g/mol. The molecule has 0 aliphatic heterocycles. The Kier molecular flexibility index (Phi) is 2.58. The number of aromatic amines is 1. The summed E-state index contributed by atoms with van der Waals surface area (Å²) in [5.74, 6) is -0.278. The number of fused-ring (bicyclic) bond motifs is 1. The van der Waals surface area contributed by atoms with Crippen molar-refractivity contribution >= 4 is 22.6 Å². The van der Waals surface area contributed by atoms with Crippen molar-refractivity contribution in [2.24, 2.45) is 0 Å². The number of esters is 1. The second-order valence-electron chi connectivity index (χ2n) is 3.18. The molecule has 78 valence electrons. The molecule has 0 saturated carbocycles. The van der Waals surface area contributed by atoms with Crippen molar-refractivity contribution in [3.8, 4) is 0 Å². The first-order chi connectivity index (χ1) is 7.31. The molecule has 1 aromatic carbocycles. The Bertz CT molecular complexity index is 476. The van der Waals surface area contributed by atoms with Gasteiger partial charge in [0.1, 0.15) is 6.54 Å². The molecule has 0 bridgehead atoms. The number of ether oxygens (including phenoxy) is 1. The number of aromatic nitrogens is 1. The highest BCUT2D eigenvalue weighted by Gasteiger charge is 2.04. The van der Waals surface area contributed by atoms with Crippen molar-refractivity contribution in [3.05, 3.63) is 30.5 Å². The number of H-pyrrole nitrogens is 1. The first-order valence-electron chi connectivity index (χ1n) is 4.68. The highest BCUT2D eigenvalue weighted by molar-refractivity contribution is 5.93. The van der Waals surface area contributed by atoms with Crippen LogP contribution in [0.4, 0.5) is 5.69 Å². The van der Waals surface area contributed by atoms with Gasteiger partial charge in [0.2, 0.25) is 0 Å². The van der Waals surface area contributed by atoms with E-state index in [1.165, 1.54) is 7.11 Å². The molecule has 0 radical (unpaired) electrons. The van der Waals surface area contributed by atoms with E-state index in [2.05, 4.69) is 15.0 Å². The van der Waals surface area contributed by atoms with Crippen LogP contribution in [-0.2, 0) is 9.53 Å². The standard InChI is InChI=1S/C11H12N2O2/c1-15-11(14)7-13-10-6-12-9-5-3-2-4-8(9)10/h2-6,12-13H,7H2,1H3. The quantitative estimate of drug-likeness (QED) is 0.749. The minimum Gasteiger partial charge on any atom is -0.468 e. The van der Waals surface area contributed by atoms with Crippen molar-refractivity contribution in [1.82, 2.24) is 4.98 Å². The summed E-state index contributed by atoms with van der Waals surface area (Å²) in [5.41, 5.74) is 1.96. The van der Waals surface area contributed by atoms with Crippen molar-refractivity contribution in [3.63, 3.8) is 0 Å². The van der Waals surface area contributed by atoms with Gasteiger partial charge in [0, 0.05) is 17.1 Å². The largest absolute Gasteiger partial charge is 0.468 e. The summed E-state index contributed by atoms with van der Waals surface area (Å²) < 4.78 is 4.55. The fraction of sp³-hybridized carbons (Fsp3) is 0.182. The first kappa shape index (κ1) is 9.58. The van der Waals surface area contributed by atoms with Gasteiger partial charge in [-0.15, -0.1) is 0 Å². The Morgan fingerprint density at radius 2 is 2.27 bits per heavy atom. The average Bonchev–Trinajstić information content (AvgIpc) is 2.69. The summed E-state index contributed by atoms with van der Waals surface area (Å²) in [6.45, 7) is 0.179. The summed E-state index contributed by atoms with van der Waals surface area (Å²) in [6.07, 6.45) is 1.84. The SMILES string of the molecule is COC(=O)CNc1c[nH]c2ccccc12. The second-order valence-corrected chi connectivity index (χ2v) is 3.18. The van der Waals surface area contributed by atoms with Gasteiger partial charge in [-0.3, -0.25) is 4.79 Å². The number of anilines is 1. The number of hydrogen-bond donors (Lipinski definition) is 2. The number of carbonyl (C=O) groups excluding carboxylic acids is 1. The van der Waals surface area contributed by atoms with Gasteiger partial charge < -0.3 is 15.0 Å². The number of rotatable bonds is 3. The van der Waals surface area contributed by atoms with E-state index < -0.39 is 0 Å². The normalized spacial score (nSPS) is 10.2. The van der Waals surface area contributed by atoms with E-state index in [0.717, 1.165) is 16.6 Å². The maximum absolute atomic E-state index is 10.9. The Balaban J connectivity index is 2.18. The molecule has 0 unspecified atom stereocenters. The zero-order valence-electron chi connectivity index (χ0n) is 8.41. The third-order valence-electron chi connectivity index (χ3n) is 2.24. The number of para-hydroxylation sites is 1. The molecule has 0 fully saturated rings. The van der Waals surface area contributed by atoms with Crippen LogP contribution in [0, 0.1) is 0 Å². The van der Waals surface area contributed by atoms with Crippen molar-refractivity contribution in [2.75, 3.05) is 19.0 Å². The van der Waals surface area contributed by atoms with Crippen LogP contribution in [0.3, 0.4) is 0 Å². The number of nitrogens with one attached hydrogen (secondary N) is 2. The molecule has 2 rings (SSSR count). The Labute approximate surface area is 87.2 Å². The summed E-state index contributed by atoms with van der Waals surface area (Å²) in [6, 6.07) is 7.90. The third-order valence-corrected chi connectivity index (χ3v) is 2.24. The second kappa shape index (κ2) is 4.04. The summed E-state index contributed by atoms with van der Waals surface area (Å²) in [5, 5.41) is 4.08. The van der Waals surface area contributed by atoms with Crippen LogP contribution in [0.25, 0.3) is 10.9 Å². The zero-order chi connectivity index (χ0) is 10.7. The molecule has 4 heteroatoms. The van der Waals surface area contributed by atoms with Crippen LogP contribution in [0.2, 0.25) is 0 Å². The Morgan fingerprint density at radius 1 is 1.47 bits per heavy atom. The lowest BCUT2D eigenvalue weighted by Crippen LogP contribution is -2.14. The van der Waals surface area contributed by atoms with Crippen LogP contribution < -0.4 is 5.32 Å². The number of benzene rings is 1. The van der Waals surface area contributed by atoms with Crippen LogP contribution in [0.1, 0.15) is 0 Å². The molecule has 0 amide bonds. The minimum absolute atomic E-state index is 0.179. The molecular weight excluding hydrogens is 192 g/mol. The van der Waals surface area contributed by atoms with Crippen molar-refractivity contribution in [1.29, 1.82) is 0 Å². The van der Waals surface area contributed by atoms with E-state index in [4.69, 9.17) is 0 Å². The molecule has 15 heavy (non-hydrogen) atoms. The van der Waals surface area contributed by atoms with E-state index >= 15 is 0 Å². The maximum atomic E-state index is 10.9. The van der Waals surface area contributed by atoms with Crippen LogP contribution >= 0.6 is 0 Å². The zero-order valence-corrected chi connectivity index (χ0v) is 8.41. The van der Waals surface area contributed by atoms with Gasteiger partial charge in [-0.2, -0.15) is 0 Å². The predicted octanol–water partition coefficient (Wildman–Crippen LogP) is 1.75. The van der Waals surface area contributed by atoms with E-state index in [1.54, 1.807) is 0 Å². The molecule has 1 heterocycles. The molecule has 4 nitrogen and oxygen atoms in total. The number of methoxy groups -OCH3 is 1. The van der Waals surface area contributed by atoms with Gasteiger partial charge in [0.15, 0.2) is 0 Å². The molecule has 1 aromatic heterocycles. The summed E-state index contributed by atoms with van der Waals surface area (Å²) >= 11 is 0. The average molecular weight is 204 g/mol. The number of carbonyl (C=O) groups is 1. The lowest BCUT2D eigenvalue weighted by atomic mass is 10.2. The van der Waals surface area contributed by atoms with Crippen LogP contribution in [0.5, 0.6) is 0 Å². The maximum Gasteiger partial charge on any atom is 0.325 e. The van der Waals surface area contributed by atoms with Gasteiger partial charge in [-0.25, -0.2) is 0 Å². The molecule has 0 spiro atoms. The Morgan fingerprint density at radius 3 is 3.07 bits per heavy atom. The topological polar surface area (TPSA) is 54.1 Å². The lowest BCUT2D eigenvalue weighted by molar-refractivity contribution is -0.138. The third kappa shape index (κ3) is 1.93. The molecule has 2 aromatic rings. The molecule has 0 saturated heterocycles. The smallest absolute Gasteiger partial charge is 0.325 e. The summed E-state index contributed by atoms with van der Waals surface area (Å²) in [4.78, 5) is 14.1. The van der Waals surface area contributed by atoms with Crippen LogP contribution in [0.15, 0.2) is 30.5 Å². The molecule has 0 aliphatic carbocycles. The van der Waals surface area contributed by atoms with E-state index in [9.17, 15) is 4.79 Å². The first-order valence-corrected chi connectivity index (χ1v) is 4.68. The molecule has 0 aliphatic rings. The highest BCUT2D eigenvalue weighted by Crippen LogP contribution is 2.21. The molecule has 2 N–H and O–H groups in total. The highest BCUT2D eigenvalue weighted by atomic mass is 16.5. The number of hydrogen-bond acceptors (Lipinski definition) is 3. The van der Waals surface area contributed by atoms with Gasteiger partial charge >= 0.3 is 5.97 Å². The predicted molar refractivity (Wildman–Crippen MR) is 58.8 cm³/mol. The van der Waals surface area contributed by atoms with E-state index in [0.29, 0.717) is 0 Å². The van der Waals surface area contributed by atoms with Gasteiger partial charge in [-0.1, -0.05) is 18.2 Å². The van der Waals surface area contributed by atoms with Crippen molar-refractivity contribution < 1.29 is 9.53 Å². The van der Waals surface area contributed by atoms with Crippen LogP contribution in [-0.4, -0.2) is 24.6 Å². The van der Waals surface area contributed by atoms with Gasteiger partial charge in [0.25, 0.3) is 0 Å². The van der Waals surface area contributed by atoms with Gasteiger partial charge in [-0.05, 0) is 6.07 Å². The lowest BCUT2D eigenvalue weighted by Gasteiger charge is -2.02.